The van der Waals surface area contributed by atoms with Crippen molar-refractivity contribution in [1.82, 2.24) is 4.31 Å². The normalized spacial score (nSPS) is 11.7. The van der Waals surface area contributed by atoms with E-state index in [0.717, 1.165) is 41.5 Å². The second kappa shape index (κ2) is 7.74. The van der Waals surface area contributed by atoms with E-state index in [9.17, 15) is 13.2 Å². The predicted molar refractivity (Wildman–Crippen MR) is 90.6 cm³/mol. The summed E-state index contributed by atoms with van der Waals surface area (Å²) in [6.45, 7) is 8.07. The number of nitrogens with one attached hydrogen (secondary N) is 1. The van der Waals surface area contributed by atoms with E-state index in [1.807, 2.05) is 39.8 Å². The van der Waals surface area contributed by atoms with Crippen molar-refractivity contribution in [3.8, 4) is 0 Å². The lowest BCUT2D eigenvalue weighted by molar-refractivity contribution is -0.116. The molecule has 1 N–H and O–H groups in total. The van der Waals surface area contributed by atoms with Gasteiger partial charge in [-0.25, -0.2) is 8.42 Å². The van der Waals surface area contributed by atoms with Gasteiger partial charge in [0.05, 0.1) is 12.8 Å². The molecular formula is C16H26N2O3S. The summed E-state index contributed by atoms with van der Waals surface area (Å²) in [5, 5.41) is 2.84. The first-order valence-electron chi connectivity index (χ1n) is 7.48. The molecule has 0 atom stereocenters. The number of anilines is 1. The highest BCUT2D eigenvalue weighted by molar-refractivity contribution is 7.88. The number of amides is 1. The highest BCUT2D eigenvalue weighted by Crippen LogP contribution is 2.21. The first-order valence-corrected chi connectivity index (χ1v) is 9.32. The molecule has 0 radical (unpaired) electrons. The molecule has 0 aliphatic carbocycles. The van der Waals surface area contributed by atoms with E-state index in [1.54, 1.807) is 0 Å². The molecule has 1 aromatic carbocycles. The van der Waals surface area contributed by atoms with Gasteiger partial charge in [-0.2, -0.15) is 4.31 Å². The van der Waals surface area contributed by atoms with Crippen LogP contribution in [0.25, 0.3) is 0 Å². The molecule has 0 unspecified atom stereocenters. The van der Waals surface area contributed by atoms with Gasteiger partial charge in [-0.05, 0) is 38.3 Å². The summed E-state index contributed by atoms with van der Waals surface area (Å²) in [6, 6.07) is 3.99. The van der Waals surface area contributed by atoms with E-state index in [0.29, 0.717) is 6.54 Å². The van der Waals surface area contributed by atoms with Crippen LogP contribution in [0.4, 0.5) is 5.69 Å². The van der Waals surface area contributed by atoms with E-state index in [2.05, 4.69) is 5.32 Å². The molecule has 0 spiro atoms. The molecule has 1 rings (SSSR count). The molecule has 1 amide bonds. The topological polar surface area (TPSA) is 66.5 Å². The second-order valence-electron chi connectivity index (χ2n) is 5.77. The number of carbonyl (C=O) groups is 1. The SMILES string of the molecule is CCCCN(CC(=O)Nc1c(C)cc(C)cc1C)S(C)(=O)=O. The van der Waals surface area contributed by atoms with Crippen molar-refractivity contribution in [2.75, 3.05) is 24.7 Å². The van der Waals surface area contributed by atoms with Gasteiger partial charge in [0.15, 0.2) is 0 Å². The number of nitrogens with zero attached hydrogens (tertiary/aromatic N) is 1. The largest absolute Gasteiger partial charge is 0.324 e. The van der Waals surface area contributed by atoms with Crippen LogP contribution in [0, 0.1) is 20.8 Å². The summed E-state index contributed by atoms with van der Waals surface area (Å²) in [4.78, 5) is 12.2. The minimum Gasteiger partial charge on any atom is -0.324 e. The molecule has 124 valence electrons. The Morgan fingerprint density at radius 2 is 1.73 bits per heavy atom. The maximum Gasteiger partial charge on any atom is 0.239 e. The Bertz CT molecular complexity index is 616. The quantitative estimate of drug-likeness (QED) is 0.837. The minimum absolute atomic E-state index is 0.147. The Balaban J connectivity index is 2.84. The van der Waals surface area contributed by atoms with E-state index in [4.69, 9.17) is 0 Å². The molecule has 0 fully saturated rings. The highest BCUT2D eigenvalue weighted by Gasteiger charge is 2.20. The van der Waals surface area contributed by atoms with Gasteiger partial charge in [-0.3, -0.25) is 4.79 Å². The van der Waals surface area contributed by atoms with Crippen LogP contribution < -0.4 is 5.32 Å². The molecule has 0 bridgehead atoms. The molecule has 0 saturated heterocycles. The number of sulfonamides is 1. The van der Waals surface area contributed by atoms with Crippen molar-refractivity contribution >= 4 is 21.6 Å². The Kier molecular flexibility index (Phi) is 6.56. The third kappa shape index (κ3) is 5.42. The lowest BCUT2D eigenvalue weighted by atomic mass is 10.1. The number of unbranched alkanes of at least 4 members (excludes halogenated alkanes) is 1. The van der Waals surface area contributed by atoms with Gasteiger partial charge >= 0.3 is 0 Å². The van der Waals surface area contributed by atoms with E-state index >= 15 is 0 Å². The summed E-state index contributed by atoms with van der Waals surface area (Å²) in [6.07, 6.45) is 2.76. The van der Waals surface area contributed by atoms with Gasteiger partial charge in [-0.15, -0.1) is 0 Å². The average molecular weight is 326 g/mol. The molecule has 0 aliphatic rings. The molecule has 0 aromatic heterocycles. The molecule has 1 aromatic rings. The number of carbonyl (C=O) groups excluding carboxylic acids is 1. The minimum atomic E-state index is -3.38. The lowest BCUT2D eigenvalue weighted by Crippen LogP contribution is -2.38. The van der Waals surface area contributed by atoms with Gasteiger partial charge < -0.3 is 5.32 Å². The van der Waals surface area contributed by atoms with Crippen LogP contribution in [0.2, 0.25) is 0 Å². The molecule has 22 heavy (non-hydrogen) atoms. The maximum atomic E-state index is 12.2. The van der Waals surface area contributed by atoms with Crippen molar-refractivity contribution in [3.05, 3.63) is 28.8 Å². The van der Waals surface area contributed by atoms with Crippen LogP contribution in [0.3, 0.4) is 0 Å². The molecule has 0 aliphatic heterocycles. The van der Waals surface area contributed by atoms with Crippen LogP contribution in [0.5, 0.6) is 0 Å². The number of benzene rings is 1. The Hall–Kier alpha value is -1.40. The van der Waals surface area contributed by atoms with E-state index in [-0.39, 0.29) is 12.5 Å². The van der Waals surface area contributed by atoms with E-state index in [1.165, 1.54) is 4.31 Å². The van der Waals surface area contributed by atoms with Crippen molar-refractivity contribution < 1.29 is 13.2 Å². The molecule has 0 saturated carbocycles. The van der Waals surface area contributed by atoms with Gasteiger partial charge in [0.1, 0.15) is 0 Å². The third-order valence-electron chi connectivity index (χ3n) is 3.49. The van der Waals surface area contributed by atoms with Crippen molar-refractivity contribution in [3.63, 3.8) is 0 Å². The fourth-order valence-corrected chi connectivity index (χ4v) is 3.23. The maximum absolute atomic E-state index is 12.2. The number of hydrogen-bond donors (Lipinski definition) is 1. The fraction of sp³-hybridized carbons (Fsp3) is 0.562. The number of hydrogen-bond acceptors (Lipinski definition) is 3. The molecular weight excluding hydrogens is 300 g/mol. The summed E-state index contributed by atoms with van der Waals surface area (Å²) < 4.78 is 24.7. The first kappa shape index (κ1) is 18.6. The molecule has 6 heteroatoms. The van der Waals surface area contributed by atoms with Crippen LogP contribution in [0.1, 0.15) is 36.5 Å². The smallest absolute Gasteiger partial charge is 0.239 e. The molecule has 0 heterocycles. The zero-order valence-corrected chi connectivity index (χ0v) is 14.9. The van der Waals surface area contributed by atoms with E-state index < -0.39 is 10.0 Å². The highest BCUT2D eigenvalue weighted by atomic mass is 32.2. The van der Waals surface area contributed by atoms with Crippen molar-refractivity contribution in [1.29, 1.82) is 0 Å². The Morgan fingerprint density at radius 3 is 2.18 bits per heavy atom. The summed E-state index contributed by atoms with van der Waals surface area (Å²) in [5.41, 5.74) is 3.85. The van der Waals surface area contributed by atoms with Gasteiger partial charge in [0.2, 0.25) is 15.9 Å². The monoisotopic (exact) mass is 326 g/mol. The Labute approximate surface area is 133 Å². The first-order chi connectivity index (χ1) is 10.1. The summed E-state index contributed by atoms with van der Waals surface area (Å²) in [5.74, 6) is -0.309. The summed E-state index contributed by atoms with van der Waals surface area (Å²) in [7, 11) is -3.38. The zero-order chi connectivity index (χ0) is 16.9. The third-order valence-corrected chi connectivity index (χ3v) is 4.74. The summed E-state index contributed by atoms with van der Waals surface area (Å²) >= 11 is 0. The second-order valence-corrected chi connectivity index (χ2v) is 7.75. The molecule has 5 nitrogen and oxygen atoms in total. The van der Waals surface area contributed by atoms with Gasteiger partial charge in [0, 0.05) is 12.2 Å². The van der Waals surface area contributed by atoms with Gasteiger partial charge in [-0.1, -0.05) is 31.0 Å². The average Bonchev–Trinajstić information content (AvgIpc) is 2.37. The van der Waals surface area contributed by atoms with Gasteiger partial charge in [0.25, 0.3) is 0 Å². The number of aryl methyl sites for hydroxylation is 3. The number of rotatable bonds is 7. The predicted octanol–water partition coefficient (Wildman–Crippen LogP) is 2.61. The van der Waals surface area contributed by atoms with Crippen LogP contribution >= 0.6 is 0 Å². The Morgan fingerprint density at radius 1 is 1.18 bits per heavy atom. The fourth-order valence-electron chi connectivity index (χ4n) is 2.41. The zero-order valence-electron chi connectivity index (χ0n) is 14.1. The standard InChI is InChI=1S/C16H26N2O3S/c1-6-7-8-18(22(5,20)21)11-15(19)17-16-13(3)9-12(2)10-14(16)4/h9-10H,6-8,11H2,1-5H3,(H,17,19). The van der Waals surface area contributed by atoms with Crippen LogP contribution in [-0.4, -0.2) is 38.0 Å². The lowest BCUT2D eigenvalue weighted by Gasteiger charge is -2.20. The van der Waals surface area contributed by atoms with Crippen molar-refractivity contribution in [2.45, 2.75) is 40.5 Å². The van der Waals surface area contributed by atoms with Crippen LogP contribution in [0.15, 0.2) is 12.1 Å². The van der Waals surface area contributed by atoms with Crippen molar-refractivity contribution in [2.24, 2.45) is 0 Å². The van der Waals surface area contributed by atoms with Crippen LogP contribution in [-0.2, 0) is 14.8 Å².